The Labute approximate surface area is 103 Å². The molecule has 0 spiro atoms. The standard InChI is InChI=1S/C13H21N3O/c1-9-5-3-6-10(9)12(16-14)13-11(17-2)7-4-8-15-13/h4,7-10,12,16H,3,5-6,14H2,1-2H3. The van der Waals surface area contributed by atoms with E-state index in [9.17, 15) is 0 Å². The van der Waals surface area contributed by atoms with Crippen LogP contribution in [0.25, 0.3) is 0 Å². The molecule has 3 unspecified atom stereocenters. The van der Waals surface area contributed by atoms with Crippen LogP contribution < -0.4 is 16.0 Å². The highest BCUT2D eigenvalue weighted by atomic mass is 16.5. The molecule has 94 valence electrons. The summed E-state index contributed by atoms with van der Waals surface area (Å²) in [6.45, 7) is 2.29. The molecule has 0 amide bonds. The highest BCUT2D eigenvalue weighted by Gasteiger charge is 2.33. The van der Waals surface area contributed by atoms with E-state index < -0.39 is 0 Å². The molecule has 4 heteroatoms. The second-order valence-corrected chi connectivity index (χ2v) is 4.81. The first kappa shape index (κ1) is 12.3. The molecule has 4 nitrogen and oxygen atoms in total. The molecule has 3 N–H and O–H groups in total. The normalized spacial score (nSPS) is 25.8. The first-order valence-electron chi connectivity index (χ1n) is 6.23. The Kier molecular flexibility index (Phi) is 3.97. The van der Waals surface area contributed by atoms with Crippen LogP contribution in [0.2, 0.25) is 0 Å². The number of nitrogens with one attached hydrogen (secondary N) is 1. The van der Waals surface area contributed by atoms with E-state index >= 15 is 0 Å². The molecule has 1 aromatic heterocycles. The summed E-state index contributed by atoms with van der Waals surface area (Å²) in [5, 5.41) is 0. The molecule has 1 saturated carbocycles. The van der Waals surface area contributed by atoms with Gasteiger partial charge in [-0.2, -0.15) is 0 Å². The summed E-state index contributed by atoms with van der Waals surface area (Å²) in [5.41, 5.74) is 3.85. The summed E-state index contributed by atoms with van der Waals surface area (Å²) in [6.07, 6.45) is 5.55. The van der Waals surface area contributed by atoms with Crippen molar-refractivity contribution in [2.45, 2.75) is 32.2 Å². The number of hydrazine groups is 1. The number of nitrogens with two attached hydrogens (primary N) is 1. The third-order valence-electron chi connectivity index (χ3n) is 3.85. The first-order chi connectivity index (χ1) is 8.27. The lowest BCUT2D eigenvalue weighted by Gasteiger charge is -2.26. The van der Waals surface area contributed by atoms with Crippen LogP contribution in [0, 0.1) is 11.8 Å². The van der Waals surface area contributed by atoms with Gasteiger partial charge in [0, 0.05) is 6.20 Å². The maximum absolute atomic E-state index is 5.72. The number of hydrogen-bond acceptors (Lipinski definition) is 4. The Hall–Kier alpha value is -1.13. The number of methoxy groups -OCH3 is 1. The fraction of sp³-hybridized carbons (Fsp3) is 0.615. The van der Waals surface area contributed by atoms with E-state index in [0.717, 1.165) is 11.4 Å². The maximum Gasteiger partial charge on any atom is 0.142 e. The molecule has 0 radical (unpaired) electrons. The fourth-order valence-corrected chi connectivity index (χ4v) is 2.88. The zero-order valence-electron chi connectivity index (χ0n) is 10.5. The van der Waals surface area contributed by atoms with Crippen molar-refractivity contribution in [1.82, 2.24) is 10.4 Å². The summed E-state index contributed by atoms with van der Waals surface area (Å²) >= 11 is 0. The number of nitrogens with zero attached hydrogens (tertiary/aromatic N) is 1. The third-order valence-corrected chi connectivity index (χ3v) is 3.85. The second-order valence-electron chi connectivity index (χ2n) is 4.81. The van der Waals surface area contributed by atoms with E-state index in [-0.39, 0.29) is 6.04 Å². The van der Waals surface area contributed by atoms with Crippen LogP contribution in [-0.2, 0) is 0 Å². The van der Waals surface area contributed by atoms with Gasteiger partial charge in [-0.15, -0.1) is 0 Å². The van der Waals surface area contributed by atoms with Gasteiger partial charge in [-0.1, -0.05) is 19.8 Å². The zero-order chi connectivity index (χ0) is 12.3. The zero-order valence-corrected chi connectivity index (χ0v) is 10.5. The predicted molar refractivity (Wildman–Crippen MR) is 67.4 cm³/mol. The summed E-state index contributed by atoms with van der Waals surface area (Å²) < 4.78 is 5.36. The molecule has 0 aliphatic heterocycles. The molecule has 1 heterocycles. The van der Waals surface area contributed by atoms with Gasteiger partial charge in [-0.25, -0.2) is 0 Å². The van der Waals surface area contributed by atoms with Crippen molar-refractivity contribution < 1.29 is 4.74 Å². The van der Waals surface area contributed by atoms with Crippen LogP contribution in [-0.4, -0.2) is 12.1 Å². The lowest BCUT2D eigenvalue weighted by atomic mass is 9.88. The fourth-order valence-electron chi connectivity index (χ4n) is 2.88. The van der Waals surface area contributed by atoms with Crippen molar-refractivity contribution in [3.63, 3.8) is 0 Å². The van der Waals surface area contributed by atoms with Gasteiger partial charge in [-0.05, 0) is 30.4 Å². The lowest BCUT2D eigenvalue weighted by molar-refractivity contribution is 0.289. The van der Waals surface area contributed by atoms with E-state index in [2.05, 4.69) is 17.3 Å². The average Bonchev–Trinajstić information content (AvgIpc) is 2.78. The Bertz CT molecular complexity index is 369. The first-order valence-corrected chi connectivity index (χ1v) is 6.23. The summed E-state index contributed by atoms with van der Waals surface area (Å²) in [7, 11) is 1.67. The van der Waals surface area contributed by atoms with Gasteiger partial charge in [0.2, 0.25) is 0 Å². The van der Waals surface area contributed by atoms with Crippen LogP contribution in [0.15, 0.2) is 18.3 Å². The molecule has 0 bridgehead atoms. The molecule has 1 aliphatic rings. The molecule has 3 atom stereocenters. The van der Waals surface area contributed by atoms with Crippen LogP contribution in [0.4, 0.5) is 0 Å². The van der Waals surface area contributed by atoms with E-state index in [0.29, 0.717) is 11.8 Å². The van der Waals surface area contributed by atoms with Gasteiger partial charge >= 0.3 is 0 Å². The number of hydrogen-bond donors (Lipinski definition) is 2. The molecular weight excluding hydrogens is 214 g/mol. The van der Waals surface area contributed by atoms with E-state index in [1.54, 1.807) is 13.3 Å². The van der Waals surface area contributed by atoms with Crippen molar-refractivity contribution in [3.05, 3.63) is 24.0 Å². The van der Waals surface area contributed by atoms with Crippen molar-refractivity contribution in [1.29, 1.82) is 0 Å². The minimum absolute atomic E-state index is 0.0867. The van der Waals surface area contributed by atoms with Gasteiger partial charge in [0.25, 0.3) is 0 Å². The van der Waals surface area contributed by atoms with Crippen molar-refractivity contribution in [2.24, 2.45) is 17.7 Å². The lowest BCUT2D eigenvalue weighted by Crippen LogP contribution is -2.35. The molecule has 1 aromatic rings. The molecule has 0 saturated heterocycles. The number of aromatic nitrogens is 1. The predicted octanol–water partition coefficient (Wildman–Crippen LogP) is 2.03. The Morgan fingerprint density at radius 3 is 2.94 bits per heavy atom. The number of pyridine rings is 1. The van der Waals surface area contributed by atoms with E-state index in [1.807, 2.05) is 12.1 Å². The molecule has 1 fully saturated rings. The summed E-state index contributed by atoms with van der Waals surface area (Å²) in [5.74, 6) is 7.77. The van der Waals surface area contributed by atoms with Gasteiger partial charge in [0.1, 0.15) is 11.4 Å². The number of rotatable bonds is 4. The van der Waals surface area contributed by atoms with Gasteiger partial charge in [0.05, 0.1) is 13.2 Å². The highest BCUT2D eigenvalue weighted by Crippen LogP contribution is 2.41. The van der Waals surface area contributed by atoms with Crippen LogP contribution in [0.3, 0.4) is 0 Å². The van der Waals surface area contributed by atoms with E-state index in [4.69, 9.17) is 10.6 Å². The van der Waals surface area contributed by atoms with Crippen molar-refractivity contribution in [2.75, 3.05) is 7.11 Å². The Morgan fingerprint density at radius 2 is 2.35 bits per heavy atom. The smallest absolute Gasteiger partial charge is 0.142 e. The quantitative estimate of drug-likeness (QED) is 0.619. The second kappa shape index (κ2) is 5.47. The Balaban J connectivity index is 2.28. The number of ether oxygens (including phenoxy) is 1. The Morgan fingerprint density at radius 1 is 1.53 bits per heavy atom. The third kappa shape index (κ3) is 2.42. The van der Waals surface area contributed by atoms with E-state index in [1.165, 1.54) is 19.3 Å². The summed E-state index contributed by atoms with van der Waals surface area (Å²) in [6, 6.07) is 3.91. The van der Waals surface area contributed by atoms with Crippen LogP contribution in [0.5, 0.6) is 5.75 Å². The largest absolute Gasteiger partial charge is 0.495 e. The monoisotopic (exact) mass is 235 g/mol. The summed E-state index contributed by atoms with van der Waals surface area (Å²) in [4.78, 5) is 4.43. The minimum Gasteiger partial charge on any atom is -0.495 e. The molecule has 1 aliphatic carbocycles. The maximum atomic E-state index is 5.72. The topological polar surface area (TPSA) is 60.2 Å². The highest BCUT2D eigenvalue weighted by molar-refractivity contribution is 5.30. The molecule has 17 heavy (non-hydrogen) atoms. The van der Waals surface area contributed by atoms with Gasteiger partial charge in [-0.3, -0.25) is 16.3 Å². The molecule has 2 rings (SSSR count). The SMILES string of the molecule is COc1cccnc1C(NN)C1CCCC1C. The molecule has 0 aromatic carbocycles. The van der Waals surface area contributed by atoms with Crippen LogP contribution >= 0.6 is 0 Å². The van der Waals surface area contributed by atoms with Crippen LogP contribution in [0.1, 0.15) is 37.9 Å². The van der Waals surface area contributed by atoms with Gasteiger partial charge < -0.3 is 4.74 Å². The molecular formula is C13H21N3O. The average molecular weight is 235 g/mol. The van der Waals surface area contributed by atoms with Gasteiger partial charge in [0.15, 0.2) is 0 Å². The van der Waals surface area contributed by atoms with Crippen molar-refractivity contribution >= 4 is 0 Å². The minimum atomic E-state index is 0.0867. The van der Waals surface area contributed by atoms with Crippen molar-refractivity contribution in [3.8, 4) is 5.75 Å².